The van der Waals surface area contributed by atoms with Crippen LogP contribution in [0.2, 0.25) is 0 Å². The predicted molar refractivity (Wildman–Crippen MR) is 90.9 cm³/mol. The van der Waals surface area contributed by atoms with Crippen molar-refractivity contribution in [3.63, 3.8) is 0 Å². The van der Waals surface area contributed by atoms with E-state index in [0.717, 1.165) is 42.5 Å². The number of nitrogens with one attached hydrogen (secondary N) is 1. The van der Waals surface area contributed by atoms with Crippen molar-refractivity contribution in [2.24, 2.45) is 5.92 Å². The fourth-order valence-electron chi connectivity index (χ4n) is 2.93. The number of benzene rings is 1. The molecule has 0 bridgehead atoms. The maximum absolute atomic E-state index is 12.8. The van der Waals surface area contributed by atoms with Gasteiger partial charge in [-0.1, -0.05) is 0 Å². The third-order valence-electron chi connectivity index (χ3n) is 4.26. The second-order valence-corrected chi connectivity index (χ2v) is 7.07. The van der Waals surface area contributed by atoms with Gasteiger partial charge in [0, 0.05) is 48.2 Å². The molecule has 2 aliphatic rings. The topological polar surface area (TPSA) is 58.6 Å². The smallest absolute Gasteiger partial charge is 0.253 e. The molecule has 124 valence electrons. The monoisotopic (exact) mass is 334 g/mol. The number of fused-ring (bicyclic) bond motifs is 1. The average Bonchev–Trinajstić information content (AvgIpc) is 2.99. The van der Waals surface area contributed by atoms with Crippen LogP contribution in [0.4, 0.5) is 5.69 Å². The van der Waals surface area contributed by atoms with E-state index in [1.165, 1.54) is 0 Å². The highest BCUT2D eigenvalue weighted by Gasteiger charge is 2.23. The molecule has 0 aromatic heterocycles. The van der Waals surface area contributed by atoms with E-state index in [0.29, 0.717) is 24.4 Å². The first-order chi connectivity index (χ1) is 11.2. The summed E-state index contributed by atoms with van der Waals surface area (Å²) >= 11 is 1.65. The van der Waals surface area contributed by atoms with Gasteiger partial charge in [-0.3, -0.25) is 9.59 Å². The van der Waals surface area contributed by atoms with Crippen molar-refractivity contribution < 1.29 is 14.3 Å². The number of carbonyl (C=O) groups excluding carboxylic acids is 2. The van der Waals surface area contributed by atoms with E-state index in [4.69, 9.17) is 4.74 Å². The zero-order chi connectivity index (χ0) is 16.2. The first-order valence-electron chi connectivity index (χ1n) is 8.11. The van der Waals surface area contributed by atoms with Crippen molar-refractivity contribution in [3.05, 3.63) is 23.8 Å². The van der Waals surface area contributed by atoms with Crippen LogP contribution >= 0.6 is 11.8 Å². The minimum absolute atomic E-state index is 0.0105. The van der Waals surface area contributed by atoms with E-state index in [2.05, 4.69) is 5.32 Å². The Labute approximate surface area is 140 Å². The number of thioether (sulfide) groups is 1. The van der Waals surface area contributed by atoms with Crippen LogP contribution < -0.4 is 5.32 Å². The predicted octanol–water partition coefficient (Wildman–Crippen LogP) is 2.62. The summed E-state index contributed by atoms with van der Waals surface area (Å²) in [5, 5.41) is 2.90. The third-order valence-corrected chi connectivity index (χ3v) is 5.33. The number of nitrogens with zero attached hydrogens (tertiary/aromatic N) is 1. The largest absolute Gasteiger partial charge is 0.381 e. The van der Waals surface area contributed by atoms with Crippen LogP contribution in [0.5, 0.6) is 0 Å². The number of amides is 2. The molecule has 23 heavy (non-hydrogen) atoms. The lowest BCUT2D eigenvalue weighted by Gasteiger charge is -2.24. The van der Waals surface area contributed by atoms with E-state index < -0.39 is 0 Å². The Hall–Kier alpha value is -1.53. The van der Waals surface area contributed by atoms with Gasteiger partial charge < -0.3 is 15.0 Å². The van der Waals surface area contributed by atoms with E-state index in [1.807, 2.05) is 30.0 Å². The lowest BCUT2D eigenvalue weighted by molar-refractivity contribution is -0.115. The minimum atomic E-state index is 0.0105. The first kappa shape index (κ1) is 16.3. The highest BCUT2D eigenvalue weighted by molar-refractivity contribution is 7.99. The number of hydrogen-bond donors (Lipinski definition) is 1. The fraction of sp³-hybridized carbons (Fsp3) is 0.529. The second-order valence-electron chi connectivity index (χ2n) is 5.93. The molecule has 0 aliphatic carbocycles. The van der Waals surface area contributed by atoms with E-state index >= 15 is 0 Å². The highest BCUT2D eigenvalue weighted by Crippen LogP contribution is 2.31. The maximum atomic E-state index is 12.8. The van der Waals surface area contributed by atoms with Crippen LogP contribution in [0.1, 0.15) is 30.1 Å². The summed E-state index contributed by atoms with van der Waals surface area (Å²) in [6, 6.07) is 5.60. The van der Waals surface area contributed by atoms with Gasteiger partial charge in [0.1, 0.15) is 0 Å². The Kier molecular flexibility index (Phi) is 5.23. The van der Waals surface area contributed by atoms with E-state index in [-0.39, 0.29) is 11.8 Å². The molecule has 1 saturated heterocycles. The molecule has 2 heterocycles. The maximum Gasteiger partial charge on any atom is 0.253 e. The average molecular weight is 334 g/mol. The molecule has 0 saturated carbocycles. The van der Waals surface area contributed by atoms with Gasteiger partial charge in [-0.25, -0.2) is 0 Å². The summed E-state index contributed by atoms with van der Waals surface area (Å²) in [7, 11) is 0. The molecular weight excluding hydrogens is 312 g/mol. The van der Waals surface area contributed by atoms with Crippen molar-refractivity contribution in [1.29, 1.82) is 0 Å². The molecule has 6 heteroatoms. The van der Waals surface area contributed by atoms with Gasteiger partial charge in [0.05, 0.1) is 12.3 Å². The van der Waals surface area contributed by atoms with Gasteiger partial charge in [-0.05, 0) is 31.5 Å². The van der Waals surface area contributed by atoms with Gasteiger partial charge in [-0.2, -0.15) is 0 Å². The van der Waals surface area contributed by atoms with Crippen LogP contribution in [0.15, 0.2) is 23.1 Å². The molecular formula is C17H22N2O3S. The summed E-state index contributed by atoms with van der Waals surface area (Å²) in [5.41, 5.74) is 1.39. The van der Waals surface area contributed by atoms with Crippen LogP contribution in [-0.4, -0.2) is 48.8 Å². The molecule has 2 aliphatic heterocycles. The number of carbonyl (C=O) groups is 2. The van der Waals surface area contributed by atoms with Crippen molar-refractivity contribution in [2.45, 2.75) is 24.7 Å². The highest BCUT2D eigenvalue weighted by atomic mass is 32.2. The number of ether oxygens (including phenoxy) is 1. The molecule has 2 amide bonds. The zero-order valence-electron chi connectivity index (χ0n) is 13.3. The number of anilines is 1. The number of rotatable bonds is 4. The molecule has 1 aromatic rings. The SMILES string of the molecule is CCN(C[C@H]1CCOC1)C(=O)c1ccc2c(c1)NC(=O)CCS2. The zero-order valence-corrected chi connectivity index (χ0v) is 14.2. The van der Waals surface area contributed by atoms with Crippen LogP contribution in [0, 0.1) is 5.92 Å². The lowest BCUT2D eigenvalue weighted by atomic mass is 10.1. The summed E-state index contributed by atoms with van der Waals surface area (Å²) in [4.78, 5) is 27.4. The molecule has 1 N–H and O–H groups in total. The summed E-state index contributed by atoms with van der Waals surface area (Å²) in [5.74, 6) is 1.23. The molecule has 0 unspecified atom stereocenters. The van der Waals surface area contributed by atoms with Gasteiger partial charge in [-0.15, -0.1) is 11.8 Å². The van der Waals surface area contributed by atoms with Crippen LogP contribution in [0.3, 0.4) is 0 Å². The van der Waals surface area contributed by atoms with Gasteiger partial charge in [0.2, 0.25) is 5.91 Å². The Morgan fingerprint density at radius 3 is 3.09 bits per heavy atom. The van der Waals surface area contributed by atoms with Crippen LogP contribution in [0.25, 0.3) is 0 Å². The summed E-state index contributed by atoms with van der Waals surface area (Å²) in [6.07, 6.45) is 1.52. The van der Waals surface area contributed by atoms with Crippen molar-refractivity contribution in [2.75, 3.05) is 37.4 Å². The number of hydrogen-bond acceptors (Lipinski definition) is 4. The van der Waals surface area contributed by atoms with Gasteiger partial charge >= 0.3 is 0 Å². The Morgan fingerprint density at radius 2 is 2.35 bits per heavy atom. The normalized spacial score (nSPS) is 20.6. The Bertz CT molecular complexity index is 600. The van der Waals surface area contributed by atoms with E-state index in [9.17, 15) is 9.59 Å². The second kappa shape index (κ2) is 7.36. The molecule has 0 radical (unpaired) electrons. The molecule has 1 aromatic carbocycles. The minimum Gasteiger partial charge on any atom is -0.381 e. The van der Waals surface area contributed by atoms with Gasteiger partial charge in [0.25, 0.3) is 5.91 Å². The molecule has 1 atom stereocenters. The van der Waals surface area contributed by atoms with E-state index in [1.54, 1.807) is 11.8 Å². The standard InChI is InChI=1S/C17H22N2O3S/c1-2-19(10-12-5-7-22-11-12)17(21)13-3-4-15-14(9-13)18-16(20)6-8-23-15/h3-4,9,12H,2,5-8,10-11H2,1H3,(H,18,20)/t12-/m1/s1. The van der Waals surface area contributed by atoms with Crippen LogP contribution in [-0.2, 0) is 9.53 Å². The van der Waals surface area contributed by atoms with Gasteiger partial charge in [0.15, 0.2) is 0 Å². The fourth-order valence-corrected chi connectivity index (χ4v) is 3.87. The quantitative estimate of drug-likeness (QED) is 0.919. The molecule has 3 rings (SSSR count). The Balaban J connectivity index is 1.76. The van der Waals surface area contributed by atoms with Crippen molar-refractivity contribution in [1.82, 2.24) is 4.90 Å². The molecule has 0 spiro atoms. The third kappa shape index (κ3) is 3.87. The summed E-state index contributed by atoms with van der Waals surface area (Å²) < 4.78 is 5.40. The summed E-state index contributed by atoms with van der Waals surface area (Å²) in [6.45, 7) is 4.93. The lowest BCUT2D eigenvalue weighted by Crippen LogP contribution is -2.35. The van der Waals surface area contributed by atoms with Crippen molar-refractivity contribution >= 4 is 29.3 Å². The van der Waals surface area contributed by atoms with Crippen molar-refractivity contribution in [3.8, 4) is 0 Å². The first-order valence-corrected chi connectivity index (χ1v) is 9.09. The molecule has 5 nitrogen and oxygen atoms in total. The molecule has 1 fully saturated rings. The Morgan fingerprint density at radius 1 is 1.48 bits per heavy atom.